The third-order valence-corrected chi connectivity index (χ3v) is 4.25. The number of hydrogen-bond donors (Lipinski definition) is 2. The maximum Gasteiger partial charge on any atom is 0.268 e. The van der Waals surface area contributed by atoms with E-state index in [0.717, 1.165) is 5.56 Å². The van der Waals surface area contributed by atoms with E-state index in [0.29, 0.717) is 11.3 Å². The van der Waals surface area contributed by atoms with Gasteiger partial charge in [-0.1, -0.05) is 30.3 Å². The fourth-order valence-electron chi connectivity index (χ4n) is 2.85. The topological polar surface area (TPSA) is 93.4 Å². The molecule has 1 saturated heterocycles. The van der Waals surface area contributed by atoms with Crippen molar-refractivity contribution in [3.8, 4) is 6.07 Å². The highest BCUT2D eigenvalue weighted by Crippen LogP contribution is 2.28. The van der Waals surface area contributed by atoms with E-state index in [4.69, 9.17) is 5.26 Å². The van der Waals surface area contributed by atoms with E-state index in [1.807, 2.05) is 12.1 Å². The number of carbonyl (C=O) groups excluding carboxylic acids is 2. The van der Waals surface area contributed by atoms with Crippen molar-refractivity contribution in [1.82, 2.24) is 5.32 Å². The zero-order valence-corrected chi connectivity index (χ0v) is 13.5. The molecule has 0 bridgehead atoms. The van der Waals surface area contributed by atoms with E-state index in [1.54, 1.807) is 48.5 Å². The fourth-order valence-corrected chi connectivity index (χ4v) is 2.85. The molecule has 0 aromatic heterocycles. The first-order valence-corrected chi connectivity index (χ1v) is 7.91. The van der Waals surface area contributed by atoms with Gasteiger partial charge in [-0.15, -0.1) is 0 Å². The van der Waals surface area contributed by atoms with Crippen LogP contribution < -0.4 is 10.2 Å². The van der Waals surface area contributed by atoms with Gasteiger partial charge in [0.2, 0.25) is 5.60 Å². The molecule has 126 valence electrons. The van der Waals surface area contributed by atoms with Gasteiger partial charge in [0.25, 0.3) is 11.8 Å². The quantitative estimate of drug-likeness (QED) is 0.825. The van der Waals surface area contributed by atoms with Crippen molar-refractivity contribution >= 4 is 17.5 Å². The lowest BCUT2D eigenvalue weighted by molar-refractivity contribution is -0.149. The second-order valence-electron chi connectivity index (χ2n) is 5.90. The predicted molar refractivity (Wildman–Crippen MR) is 91.4 cm³/mol. The second-order valence-corrected chi connectivity index (χ2v) is 5.90. The van der Waals surface area contributed by atoms with Crippen LogP contribution in [-0.2, 0) is 16.1 Å². The molecule has 0 aliphatic carbocycles. The Kier molecular flexibility index (Phi) is 4.50. The first-order valence-electron chi connectivity index (χ1n) is 7.91. The zero-order valence-electron chi connectivity index (χ0n) is 13.5. The molecule has 6 nitrogen and oxygen atoms in total. The van der Waals surface area contributed by atoms with E-state index in [2.05, 4.69) is 5.32 Å². The number of hydrogen-bond acceptors (Lipinski definition) is 4. The van der Waals surface area contributed by atoms with E-state index in [9.17, 15) is 14.7 Å². The molecule has 6 heteroatoms. The van der Waals surface area contributed by atoms with Gasteiger partial charge >= 0.3 is 0 Å². The van der Waals surface area contributed by atoms with E-state index < -0.39 is 17.4 Å². The van der Waals surface area contributed by atoms with Gasteiger partial charge in [0.1, 0.15) is 0 Å². The lowest BCUT2D eigenvalue weighted by Gasteiger charge is -2.21. The van der Waals surface area contributed by atoms with Crippen molar-refractivity contribution in [2.75, 3.05) is 11.4 Å². The first-order chi connectivity index (χ1) is 12.0. The Hall–Kier alpha value is -3.17. The summed E-state index contributed by atoms with van der Waals surface area (Å²) >= 11 is 0. The highest BCUT2D eigenvalue weighted by molar-refractivity contribution is 6.16. The summed E-state index contributed by atoms with van der Waals surface area (Å²) in [7, 11) is 0. The molecule has 2 N–H and O–H groups in total. The lowest BCUT2D eigenvalue weighted by atomic mass is 10.0. The molecule has 3 rings (SSSR count). The van der Waals surface area contributed by atoms with Crippen LogP contribution in [0.5, 0.6) is 0 Å². The number of nitrogens with zero attached hydrogens (tertiary/aromatic N) is 2. The molecule has 1 aliphatic rings. The minimum atomic E-state index is -2.07. The Bertz CT molecular complexity index is 844. The molecule has 1 fully saturated rings. The summed E-state index contributed by atoms with van der Waals surface area (Å²) in [5, 5.41) is 22.1. The Morgan fingerprint density at radius 2 is 2.00 bits per heavy atom. The van der Waals surface area contributed by atoms with Gasteiger partial charge in [0, 0.05) is 25.2 Å². The maximum atomic E-state index is 12.6. The van der Waals surface area contributed by atoms with Gasteiger partial charge in [-0.3, -0.25) is 9.59 Å². The molecule has 1 heterocycles. The number of amides is 2. The van der Waals surface area contributed by atoms with Gasteiger partial charge < -0.3 is 15.3 Å². The van der Waals surface area contributed by atoms with Crippen molar-refractivity contribution in [2.45, 2.75) is 18.6 Å². The Morgan fingerprint density at radius 1 is 1.24 bits per heavy atom. The standard InChI is InChI=1S/C19H17N3O3/c20-12-14-5-4-6-15(11-14)13-21-17(23)19(25)9-10-22(18(19)24)16-7-2-1-3-8-16/h1-8,11,25H,9-10,13H2,(H,21,23). The van der Waals surface area contributed by atoms with Crippen LogP contribution in [0.2, 0.25) is 0 Å². The van der Waals surface area contributed by atoms with Gasteiger partial charge in [-0.2, -0.15) is 5.26 Å². The number of carbonyl (C=O) groups is 2. The van der Waals surface area contributed by atoms with Crippen molar-refractivity contribution in [1.29, 1.82) is 5.26 Å². The normalized spacial score (nSPS) is 19.5. The molecule has 25 heavy (non-hydrogen) atoms. The monoisotopic (exact) mass is 335 g/mol. The van der Waals surface area contributed by atoms with Crippen LogP contribution in [0.15, 0.2) is 54.6 Å². The molecular formula is C19H17N3O3. The Labute approximate surface area is 145 Å². The van der Waals surface area contributed by atoms with Gasteiger partial charge in [-0.05, 0) is 29.8 Å². The van der Waals surface area contributed by atoms with Crippen LogP contribution in [-0.4, -0.2) is 29.1 Å². The summed E-state index contributed by atoms with van der Waals surface area (Å²) in [6.45, 7) is 0.409. The summed E-state index contributed by atoms with van der Waals surface area (Å²) in [5.74, 6) is -1.35. The number of anilines is 1. The van der Waals surface area contributed by atoms with Crippen LogP contribution >= 0.6 is 0 Å². The maximum absolute atomic E-state index is 12.6. The molecule has 2 amide bonds. The number of rotatable bonds is 4. The third kappa shape index (κ3) is 3.23. The van der Waals surface area contributed by atoms with Gasteiger partial charge in [-0.25, -0.2) is 0 Å². The Morgan fingerprint density at radius 3 is 2.72 bits per heavy atom. The largest absolute Gasteiger partial charge is 0.372 e. The van der Waals surface area contributed by atoms with Gasteiger partial charge in [0.05, 0.1) is 11.6 Å². The molecule has 2 aromatic carbocycles. The number of para-hydroxylation sites is 1. The molecule has 2 aromatic rings. The molecule has 0 spiro atoms. The van der Waals surface area contributed by atoms with Gasteiger partial charge in [0.15, 0.2) is 0 Å². The summed E-state index contributed by atoms with van der Waals surface area (Å²) < 4.78 is 0. The van der Waals surface area contributed by atoms with Crippen LogP contribution in [0.4, 0.5) is 5.69 Å². The van der Waals surface area contributed by atoms with Crippen LogP contribution in [0, 0.1) is 11.3 Å². The van der Waals surface area contributed by atoms with Crippen molar-refractivity contribution in [3.63, 3.8) is 0 Å². The Balaban J connectivity index is 1.69. The number of nitriles is 1. The summed E-state index contributed by atoms with van der Waals surface area (Å²) in [6.07, 6.45) is 0.0325. The third-order valence-electron chi connectivity index (χ3n) is 4.25. The number of aliphatic hydroxyl groups is 1. The predicted octanol–water partition coefficient (Wildman–Crippen LogP) is 1.34. The summed E-state index contributed by atoms with van der Waals surface area (Å²) in [6, 6.07) is 17.8. The van der Waals surface area contributed by atoms with Crippen LogP contribution in [0.1, 0.15) is 17.5 Å². The summed E-state index contributed by atoms with van der Waals surface area (Å²) in [4.78, 5) is 26.4. The molecule has 1 unspecified atom stereocenters. The number of nitrogens with one attached hydrogen (secondary N) is 1. The van der Waals surface area contributed by atoms with Crippen molar-refractivity contribution in [2.24, 2.45) is 0 Å². The van der Waals surface area contributed by atoms with Crippen LogP contribution in [0.25, 0.3) is 0 Å². The lowest BCUT2D eigenvalue weighted by Crippen LogP contribution is -2.52. The highest BCUT2D eigenvalue weighted by Gasteiger charge is 2.51. The van der Waals surface area contributed by atoms with E-state index in [-0.39, 0.29) is 19.5 Å². The van der Waals surface area contributed by atoms with Crippen molar-refractivity contribution < 1.29 is 14.7 Å². The average Bonchev–Trinajstić information content (AvgIpc) is 2.97. The zero-order chi connectivity index (χ0) is 17.9. The second kappa shape index (κ2) is 6.75. The average molecular weight is 335 g/mol. The fraction of sp³-hybridized carbons (Fsp3) is 0.211. The van der Waals surface area contributed by atoms with Crippen LogP contribution in [0.3, 0.4) is 0 Å². The molecule has 0 radical (unpaired) electrons. The minimum Gasteiger partial charge on any atom is -0.372 e. The smallest absolute Gasteiger partial charge is 0.268 e. The molecule has 1 atom stereocenters. The molecule has 0 saturated carbocycles. The number of benzene rings is 2. The molecular weight excluding hydrogens is 318 g/mol. The highest BCUT2D eigenvalue weighted by atomic mass is 16.3. The van der Waals surface area contributed by atoms with Crippen molar-refractivity contribution in [3.05, 3.63) is 65.7 Å². The summed E-state index contributed by atoms with van der Waals surface area (Å²) in [5.41, 5.74) is -0.208. The minimum absolute atomic E-state index is 0.0325. The molecule has 1 aliphatic heterocycles. The SMILES string of the molecule is N#Cc1cccc(CNC(=O)C2(O)CCN(c3ccccc3)C2=O)c1. The van der Waals surface area contributed by atoms with E-state index >= 15 is 0 Å². The van der Waals surface area contributed by atoms with E-state index in [1.165, 1.54) is 4.90 Å². The first kappa shape index (κ1) is 16.7.